The molecule has 0 saturated heterocycles. The Bertz CT molecular complexity index is 2370. The largest absolute Gasteiger partial charge is 0.313 e. The van der Waals surface area contributed by atoms with Crippen molar-refractivity contribution in [3.8, 4) is 39.1 Å². The molecule has 0 fully saturated rings. The number of fused-ring (bicyclic) bond motifs is 4. The van der Waals surface area contributed by atoms with Gasteiger partial charge in [-0.3, -0.25) is 4.98 Å². The minimum Gasteiger partial charge on any atom is -0.313 e. The summed E-state index contributed by atoms with van der Waals surface area (Å²) in [5.41, 5.74) is 12.2. The van der Waals surface area contributed by atoms with Crippen molar-refractivity contribution in [2.45, 2.75) is 13.8 Å². The fourth-order valence-corrected chi connectivity index (χ4v) is 7.54. The molecule has 0 unspecified atom stereocenters. The van der Waals surface area contributed by atoms with Crippen LogP contribution in [0.15, 0.2) is 140 Å². The van der Waals surface area contributed by atoms with Gasteiger partial charge in [-0.25, -0.2) is 0 Å². The smallest absolute Gasteiger partial charge is 0.0537 e. The number of aromatic nitrogens is 2. The molecule has 3 heterocycles. The Labute approximate surface area is 261 Å². The summed E-state index contributed by atoms with van der Waals surface area (Å²) >= 11 is 1.82. The fraction of sp³-hybridized carbons (Fsp3) is 0.0488. The van der Waals surface area contributed by atoms with E-state index in [1.54, 1.807) is 0 Å². The second kappa shape index (κ2) is 10.8. The summed E-state index contributed by atoms with van der Waals surface area (Å²) in [7, 11) is 0. The van der Waals surface area contributed by atoms with Crippen molar-refractivity contribution in [1.82, 2.24) is 9.55 Å². The topological polar surface area (TPSA) is 17.8 Å². The number of para-hydroxylation sites is 1. The average Bonchev–Trinajstić information content (AvgIpc) is 3.59. The van der Waals surface area contributed by atoms with Crippen LogP contribution in [0.25, 0.3) is 76.2 Å². The van der Waals surface area contributed by atoms with Crippen molar-refractivity contribution in [2.24, 2.45) is 0 Å². The quantitative estimate of drug-likeness (QED) is 0.197. The van der Waals surface area contributed by atoms with Crippen LogP contribution in [0.2, 0.25) is 0 Å². The van der Waals surface area contributed by atoms with E-state index in [2.05, 4.69) is 157 Å². The molecule has 210 valence electrons. The molecule has 8 aromatic rings. The minimum absolute atomic E-state index is 1.17. The van der Waals surface area contributed by atoms with E-state index in [-0.39, 0.29) is 0 Å². The van der Waals surface area contributed by atoms with Gasteiger partial charge in [0.2, 0.25) is 0 Å². The molecule has 3 aromatic heterocycles. The number of hydrogen-bond acceptors (Lipinski definition) is 2. The zero-order valence-electron chi connectivity index (χ0n) is 24.7. The summed E-state index contributed by atoms with van der Waals surface area (Å²) in [6, 6.07) is 44.2. The fourth-order valence-electron chi connectivity index (χ4n) is 6.48. The highest BCUT2D eigenvalue weighted by molar-refractivity contribution is 7.25. The van der Waals surface area contributed by atoms with Gasteiger partial charge in [-0.05, 0) is 95.8 Å². The summed E-state index contributed by atoms with van der Waals surface area (Å²) in [5, 5.41) is 3.77. The number of benzene rings is 5. The van der Waals surface area contributed by atoms with E-state index in [9.17, 15) is 0 Å². The van der Waals surface area contributed by atoms with E-state index >= 15 is 0 Å². The SMILES string of the molecule is C/C=C\c1c(C)n(-c2cccc(-c3cccc(-c4cccc(-c5ccc6sc7ccncc7c6c5)c4)c3)c2)c2ccccc12. The van der Waals surface area contributed by atoms with Crippen LogP contribution in [-0.2, 0) is 0 Å². The summed E-state index contributed by atoms with van der Waals surface area (Å²) in [6.07, 6.45) is 8.19. The predicted octanol–water partition coefficient (Wildman–Crippen LogP) is 11.7. The van der Waals surface area contributed by atoms with Crippen LogP contribution in [0, 0.1) is 6.92 Å². The Kier molecular flexibility index (Phi) is 6.47. The standard InChI is InChI=1S/C41H30N2S/c1-3-9-35-27(2)43(39-17-5-4-16-36(35)39)34-15-8-14-32(24-34)30-12-6-10-28(22-30)29-11-7-13-31(23-29)33-18-19-40-37(25-33)38-26-42-21-20-41(38)44-40/h3-26H,1-2H3/b9-3-. The van der Waals surface area contributed by atoms with Crippen molar-refractivity contribution < 1.29 is 0 Å². The molecule has 5 aromatic carbocycles. The van der Waals surface area contributed by atoms with Gasteiger partial charge >= 0.3 is 0 Å². The van der Waals surface area contributed by atoms with E-state index in [0.717, 1.165) is 0 Å². The summed E-state index contributed by atoms with van der Waals surface area (Å²) in [6.45, 7) is 4.29. The molecule has 2 nitrogen and oxygen atoms in total. The molecule has 0 bridgehead atoms. The second-order valence-electron chi connectivity index (χ2n) is 11.2. The van der Waals surface area contributed by atoms with E-state index in [1.807, 2.05) is 23.7 Å². The maximum Gasteiger partial charge on any atom is 0.0537 e. The lowest BCUT2D eigenvalue weighted by Gasteiger charge is -2.12. The Morgan fingerprint density at radius 2 is 1.23 bits per heavy atom. The van der Waals surface area contributed by atoms with Gasteiger partial charge in [0.15, 0.2) is 0 Å². The number of rotatable bonds is 5. The van der Waals surface area contributed by atoms with Crippen LogP contribution in [0.1, 0.15) is 18.2 Å². The highest BCUT2D eigenvalue weighted by atomic mass is 32.1. The molecule has 3 heteroatoms. The zero-order valence-corrected chi connectivity index (χ0v) is 25.5. The average molecular weight is 583 g/mol. The first-order chi connectivity index (χ1) is 21.7. The Balaban J connectivity index is 1.17. The number of allylic oxidation sites excluding steroid dienone is 1. The van der Waals surface area contributed by atoms with Crippen molar-refractivity contribution in [3.05, 3.63) is 151 Å². The predicted molar refractivity (Wildman–Crippen MR) is 190 cm³/mol. The molecule has 0 radical (unpaired) electrons. The number of pyridine rings is 1. The molecule has 8 rings (SSSR count). The number of hydrogen-bond donors (Lipinski definition) is 0. The van der Waals surface area contributed by atoms with Crippen LogP contribution in [0.4, 0.5) is 0 Å². The third kappa shape index (κ3) is 4.45. The molecule has 0 amide bonds. The molecule has 0 atom stereocenters. The molecular formula is C41H30N2S. The van der Waals surface area contributed by atoms with Crippen molar-refractivity contribution in [2.75, 3.05) is 0 Å². The first-order valence-electron chi connectivity index (χ1n) is 15.0. The lowest BCUT2D eigenvalue weighted by atomic mass is 9.95. The molecule has 0 aliphatic carbocycles. The van der Waals surface area contributed by atoms with Gasteiger partial charge in [-0.2, -0.15) is 0 Å². The Hall–Kier alpha value is -5.25. The van der Waals surface area contributed by atoms with Gasteiger partial charge in [0, 0.05) is 54.9 Å². The van der Waals surface area contributed by atoms with Crippen molar-refractivity contribution >= 4 is 48.5 Å². The van der Waals surface area contributed by atoms with E-state index < -0.39 is 0 Å². The normalized spacial score (nSPS) is 11.8. The first kappa shape index (κ1) is 26.4. The van der Waals surface area contributed by atoms with Gasteiger partial charge in [0.05, 0.1) is 5.52 Å². The van der Waals surface area contributed by atoms with Gasteiger partial charge in [0.1, 0.15) is 0 Å². The van der Waals surface area contributed by atoms with Crippen LogP contribution in [-0.4, -0.2) is 9.55 Å². The lowest BCUT2D eigenvalue weighted by Crippen LogP contribution is -1.97. The Morgan fingerprint density at radius 3 is 1.95 bits per heavy atom. The third-order valence-corrected chi connectivity index (χ3v) is 9.75. The minimum atomic E-state index is 1.17. The zero-order chi connectivity index (χ0) is 29.6. The lowest BCUT2D eigenvalue weighted by molar-refractivity contribution is 1.05. The van der Waals surface area contributed by atoms with E-state index in [4.69, 9.17) is 0 Å². The third-order valence-electron chi connectivity index (χ3n) is 8.59. The van der Waals surface area contributed by atoms with Crippen LogP contribution in [0.3, 0.4) is 0 Å². The highest BCUT2D eigenvalue weighted by Crippen LogP contribution is 2.37. The van der Waals surface area contributed by atoms with Gasteiger partial charge in [-0.15, -0.1) is 11.3 Å². The van der Waals surface area contributed by atoms with Crippen LogP contribution >= 0.6 is 11.3 Å². The van der Waals surface area contributed by atoms with Gasteiger partial charge in [-0.1, -0.05) is 84.9 Å². The molecular weight excluding hydrogens is 553 g/mol. The number of nitrogens with zero attached hydrogens (tertiary/aromatic N) is 2. The van der Waals surface area contributed by atoms with Crippen molar-refractivity contribution in [1.29, 1.82) is 0 Å². The highest BCUT2D eigenvalue weighted by Gasteiger charge is 2.14. The van der Waals surface area contributed by atoms with Crippen LogP contribution in [0.5, 0.6) is 0 Å². The monoisotopic (exact) mass is 582 g/mol. The maximum absolute atomic E-state index is 4.38. The van der Waals surface area contributed by atoms with Crippen molar-refractivity contribution in [3.63, 3.8) is 0 Å². The second-order valence-corrected chi connectivity index (χ2v) is 12.3. The van der Waals surface area contributed by atoms with Gasteiger partial charge in [0.25, 0.3) is 0 Å². The summed E-state index contributed by atoms with van der Waals surface area (Å²) in [4.78, 5) is 4.38. The molecule has 0 aliphatic rings. The molecule has 0 N–H and O–H groups in total. The van der Waals surface area contributed by atoms with E-state index in [0.29, 0.717) is 0 Å². The van der Waals surface area contributed by atoms with Crippen LogP contribution < -0.4 is 0 Å². The molecule has 44 heavy (non-hydrogen) atoms. The Morgan fingerprint density at radius 1 is 0.591 bits per heavy atom. The summed E-state index contributed by atoms with van der Waals surface area (Å²) in [5.74, 6) is 0. The molecule has 0 saturated carbocycles. The molecule has 0 aliphatic heterocycles. The van der Waals surface area contributed by atoms with Gasteiger partial charge < -0.3 is 4.57 Å². The maximum atomic E-state index is 4.38. The molecule has 0 spiro atoms. The number of thiophene rings is 1. The van der Waals surface area contributed by atoms with E-state index in [1.165, 1.54) is 81.4 Å². The summed E-state index contributed by atoms with van der Waals surface area (Å²) < 4.78 is 4.95. The first-order valence-corrected chi connectivity index (χ1v) is 15.8.